The van der Waals surface area contributed by atoms with Crippen molar-refractivity contribution in [2.45, 2.75) is 19.3 Å². The molecule has 1 saturated carbocycles. The normalized spacial score (nSPS) is 18.6. The van der Waals surface area contributed by atoms with Gasteiger partial charge < -0.3 is 0 Å². The van der Waals surface area contributed by atoms with E-state index in [0.29, 0.717) is 5.41 Å². The largest absolute Gasteiger partial charge is 0.0922 e. The highest BCUT2D eigenvalue weighted by Crippen LogP contribution is 2.49. The maximum Gasteiger partial charge on any atom is 0.0406 e. The molecule has 1 fully saturated rings. The van der Waals surface area contributed by atoms with Gasteiger partial charge >= 0.3 is 0 Å². The van der Waals surface area contributed by atoms with Crippen LogP contribution in [0.15, 0.2) is 24.3 Å². The highest BCUT2D eigenvalue weighted by atomic mass is 79.9. The fourth-order valence-electron chi connectivity index (χ4n) is 1.57. The van der Waals surface area contributed by atoms with Crippen LogP contribution in [0.2, 0.25) is 5.02 Å². The number of alkyl halides is 1. The Morgan fingerprint density at radius 2 is 1.85 bits per heavy atom. The van der Waals surface area contributed by atoms with Crippen LogP contribution in [0.3, 0.4) is 0 Å². The lowest BCUT2D eigenvalue weighted by molar-refractivity contribution is 0.586. The van der Waals surface area contributed by atoms with Crippen LogP contribution in [0.1, 0.15) is 18.4 Å². The molecule has 0 bridgehead atoms. The summed E-state index contributed by atoms with van der Waals surface area (Å²) in [5, 5.41) is 1.95. The molecule has 0 spiro atoms. The van der Waals surface area contributed by atoms with Gasteiger partial charge in [0, 0.05) is 10.4 Å². The van der Waals surface area contributed by atoms with E-state index < -0.39 is 0 Å². The van der Waals surface area contributed by atoms with Crippen LogP contribution >= 0.6 is 27.5 Å². The zero-order valence-corrected chi connectivity index (χ0v) is 9.74. The molecule has 13 heavy (non-hydrogen) atoms. The average molecular weight is 260 g/mol. The van der Waals surface area contributed by atoms with Crippen LogP contribution in [-0.2, 0) is 6.42 Å². The van der Waals surface area contributed by atoms with E-state index in [0.717, 1.165) is 10.4 Å². The summed E-state index contributed by atoms with van der Waals surface area (Å²) in [7, 11) is 0. The second-order valence-electron chi connectivity index (χ2n) is 3.94. The molecule has 0 radical (unpaired) electrons. The van der Waals surface area contributed by atoms with Gasteiger partial charge in [-0.3, -0.25) is 0 Å². The molecule has 1 aromatic rings. The molecule has 0 heterocycles. The molecule has 2 heteroatoms. The standard InChI is InChI=1S/C11H12BrCl/c12-8-11(5-6-11)7-9-1-3-10(13)4-2-9/h1-4H,5-8H2. The lowest BCUT2D eigenvalue weighted by atomic mass is 9.99. The Morgan fingerprint density at radius 3 is 2.31 bits per heavy atom. The van der Waals surface area contributed by atoms with Crippen LogP contribution in [0, 0.1) is 5.41 Å². The Morgan fingerprint density at radius 1 is 1.23 bits per heavy atom. The third-order valence-electron chi connectivity index (χ3n) is 2.73. The first-order valence-corrected chi connectivity index (χ1v) is 6.04. The first-order valence-electron chi connectivity index (χ1n) is 4.55. The molecule has 2 rings (SSSR count). The van der Waals surface area contributed by atoms with E-state index >= 15 is 0 Å². The quantitative estimate of drug-likeness (QED) is 0.718. The van der Waals surface area contributed by atoms with Crippen molar-refractivity contribution < 1.29 is 0 Å². The Kier molecular flexibility index (Phi) is 2.66. The van der Waals surface area contributed by atoms with E-state index in [1.54, 1.807) is 0 Å². The summed E-state index contributed by atoms with van der Waals surface area (Å²) in [6.07, 6.45) is 3.91. The van der Waals surface area contributed by atoms with Crippen LogP contribution in [0.4, 0.5) is 0 Å². The Bertz CT molecular complexity index is 287. The topological polar surface area (TPSA) is 0 Å². The molecule has 1 aromatic carbocycles. The number of hydrogen-bond donors (Lipinski definition) is 0. The van der Waals surface area contributed by atoms with Gasteiger partial charge in [-0.1, -0.05) is 39.7 Å². The monoisotopic (exact) mass is 258 g/mol. The second kappa shape index (κ2) is 3.62. The smallest absolute Gasteiger partial charge is 0.0406 e. The Balaban J connectivity index is 2.06. The van der Waals surface area contributed by atoms with E-state index in [2.05, 4.69) is 28.1 Å². The molecule has 0 aliphatic heterocycles. The molecular formula is C11H12BrCl. The summed E-state index contributed by atoms with van der Waals surface area (Å²) in [4.78, 5) is 0. The maximum absolute atomic E-state index is 5.82. The summed E-state index contributed by atoms with van der Waals surface area (Å²) in [6.45, 7) is 0. The molecule has 0 amide bonds. The summed E-state index contributed by atoms with van der Waals surface area (Å²) in [6, 6.07) is 8.21. The lowest BCUT2D eigenvalue weighted by Gasteiger charge is -2.10. The third-order valence-corrected chi connectivity index (χ3v) is 4.17. The SMILES string of the molecule is Clc1ccc(CC2(CBr)CC2)cc1. The van der Waals surface area contributed by atoms with Crippen molar-refractivity contribution in [3.05, 3.63) is 34.9 Å². The van der Waals surface area contributed by atoms with Crippen molar-refractivity contribution in [3.8, 4) is 0 Å². The van der Waals surface area contributed by atoms with Gasteiger partial charge in [0.05, 0.1) is 0 Å². The molecule has 1 aliphatic carbocycles. The van der Waals surface area contributed by atoms with E-state index in [9.17, 15) is 0 Å². The van der Waals surface area contributed by atoms with Gasteiger partial charge in [-0.2, -0.15) is 0 Å². The molecule has 0 nitrogen and oxygen atoms in total. The van der Waals surface area contributed by atoms with Gasteiger partial charge in [0.2, 0.25) is 0 Å². The molecule has 70 valence electrons. The molecule has 0 N–H and O–H groups in total. The molecule has 0 unspecified atom stereocenters. The van der Waals surface area contributed by atoms with Crippen molar-refractivity contribution in [2.24, 2.45) is 5.41 Å². The zero-order valence-electron chi connectivity index (χ0n) is 7.39. The predicted octanol–water partition coefficient (Wildman–Crippen LogP) is 4.06. The minimum atomic E-state index is 0.563. The molecule has 0 aromatic heterocycles. The van der Waals surface area contributed by atoms with Gasteiger partial charge in [0.25, 0.3) is 0 Å². The van der Waals surface area contributed by atoms with Crippen LogP contribution in [0.25, 0.3) is 0 Å². The van der Waals surface area contributed by atoms with Crippen molar-refractivity contribution >= 4 is 27.5 Å². The first-order chi connectivity index (χ1) is 6.24. The van der Waals surface area contributed by atoms with Gasteiger partial charge in [-0.05, 0) is 42.4 Å². The van der Waals surface area contributed by atoms with Crippen molar-refractivity contribution in [1.82, 2.24) is 0 Å². The highest BCUT2D eigenvalue weighted by molar-refractivity contribution is 9.09. The van der Waals surface area contributed by atoms with Gasteiger partial charge in [0.15, 0.2) is 0 Å². The van der Waals surface area contributed by atoms with Crippen molar-refractivity contribution in [3.63, 3.8) is 0 Å². The minimum absolute atomic E-state index is 0.563. The van der Waals surface area contributed by atoms with E-state index in [1.165, 1.54) is 24.8 Å². The highest BCUT2D eigenvalue weighted by Gasteiger charge is 2.41. The van der Waals surface area contributed by atoms with Gasteiger partial charge in [-0.25, -0.2) is 0 Å². The number of hydrogen-bond acceptors (Lipinski definition) is 0. The molecule has 0 saturated heterocycles. The number of halogens is 2. The zero-order chi connectivity index (χ0) is 9.31. The lowest BCUT2D eigenvalue weighted by Crippen LogP contribution is -2.05. The van der Waals surface area contributed by atoms with Crippen LogP contribution in [-0.4, -0.2) is 5.33 Å². The fourth-order valence-corrected chi connectivity index (χ4v) is 2.45. The summed E-state index contributed by atoms with van der Waals surface area (Å²) in [5.41, 5.74) is 1.97. The predicted molar refractivity (Wildman–Crippen MR) is 60.6 cm³/mol. The average Bonchev–Trinajstić information content (AvgIpc) is 2.90. The van der Waals surface area contributed by atoms with E-state index in [4.69, 9.17) is 11.6 Å². The van der Waals surface area contributed by atoms with E-state index in [1.807, 2.05) is 12.1 Å². The molecule has 0 atom stereocenters. The first kappa shape index (κ1) is 9.54. The third kappa shape index (κ3) is 2.26. The summed E-state index contributed by atoms with van der Waals surface area (Å²) < 4.78 is 0. The molecular weight excluding hydrogens is 247 g/mol. The Labute approximate surface area is 92.4 Å². The van der Waals surface area contributed by atoms with Gasteiger partial charge in [-0.15, -0.1) is 0 Å². The number of benzene rings is 1. The summed E-state index contributed by atoms with van der Waals surface area (Å²) >= 11 is 9.40. The maximum atomic E-state index is 5.82. The summed E-state index contributed by atoms with van der Waals surface area (Å²) in [5.74, 6) is 0. The molecule has 1 aliphatic rings. The van der Waals surface area contributed by atoms with E-state index in [-0.39, 0.29) is 0 Å². The van der Waals surface area contributed by atoms with Gasteiger partial charge in [0.1, 0.15) is 0 Å². The Hall–Kier alpha value is -0.0100. The van der Waals surface area contributed by atoms with Crippen molar-refractivity contribution in [2.75, 3.05) is 5.33 Å². The minimum Gasteiger partial charge on any atom is -0.0922 e. The van der Waals surface area contributed by atoms with Crippen molar-refractivity contribution in [1.29, 1.82) is 0 Å². The number of rotatable bonds is 3. The van der Waals surface area contributed by atoms with Crippen LogP contribution < -0.4 is 0 Å². The fraction of sp³-hybridized carbons (Fsp3) is 0.455. The van der Waals surface area contributed by atoms with Crippen LogP contribution in [0.5, 0.6) is 0 Å². The second-order valence-corrected chi connectivity index (χ2v) is 4.93.